The van der Waals surface area contributed by atoms with Crippen molar-refractivity contribution in [2.24, 2.45) is 0 Å². The minimum Gasteiger partial charge on any atom is -0.530 e. The largest absolute Gasteiger partial charge is 0.530 e. The Bertz CT molecular complexity index is 244. The van der Waals surface area contributed by atoms with Gasteiger partial charge in [0, 0.05) is 17.6 Å². The van der Waals surface area contributed by atoms with E-state index in [9.17, 15) is 9.90 Å². The van der Waals surface area contributed by atoms with Crippen LogP contribution in [0.25, 0.3) is 0 Å². The van der Waals surface area contributed by atoms with Gasteiger partial charge in [0.1, 0.15) is 6.09 Å². The molecule has 0 heterocycles. The molecule has 16 heavy (non-hydrogen) atoms. The van der Waals surface area contributed by atoms with Crippen LogP contribution in [0.2, 0.25) is 0 Å². The van der Waals surface area contributed by atoms with E-state index in [1.54, 1.807) is 0 Å². The Kier molecular flexibility index (Phi) is 4.19. The summed E-state index contributed by atoms with van der Waals surface area (Å²) in [5.41, 5.74) is -0.391. The van der Waals surface area contributed by atoms with Crippen molar-refractivity contribution >= 4 is 6.09 Å². The zero-order chi connectivity index (χ0) is 12.3. The maximum absolute atomic E-state index is 11.1. The van der Waals surface area contributed by atoms with Crippen LogP contribution in [0.4, 0.5) is 4.79 Å². The molecule has 94 valence electrons. The molecule has 4 nitrogen and oxygen atoms in total. The van der Waals surface area contributed by atoms with Crippen LogP contribution in [0.15, 0.2) is 0 Å². The second-order valence-corrected chi connectivity index (χ2v) is 5.67. The molecule has 0 spiro atoms. The van der Waals surface area contributed by atoms with E-state index >= 15 is 0 Å². The van der Waals surface area contributed by atoms with Crippen molar-refractivity contribution in [2.45, 2.75) is 64.6 Å². The smallest absolute Gasteiger partial charge is 0.137 e. The van der Waals surface area contributed by atoms with Gasteiger partial charge in [-0.15, -0.1) is 0 Å². The molecule has 0 aromatic rings. The van der Waals surface area contributed by atoms with Gasteiger partial charge < -0.3 is 20.1 Å². The average Bonchev–Trinajstić information content (AvgIpc) is 2.83. The van der Waals surface area contributed by atoms with Crippen LogP contribution in [-0.4, -0.2) is 35.2 Å². The van der Waals surface area contributed by atoms with Crippen molar-refractivity contribution < 1.29 is 9.90 Å². The van der Waals surface area contributed by atoms with E-state index in [4.69, 9.17) is 0 Å². The SMILES string of the molecule is C[C@@H](CCNC1CC1)N(C(=O)[O-])C(C)(C)C. The quantitative estimate of drug-likeness (QED) is 0.761. The van der Waals surface area contributed by atoms with Crippen LogP contribution < -0.4 is 10.4 Å². The van der Waals surface area contributed by atoms with Gasteiger partial charge in [0.2, 0.25) is 0 Å². The maximum Gasteiger partial charge on any atom is 0.137 e. The number of amides is 1. The highest BCUT2D eigenvalue weighted by Gasteiger charge is 2.26. The highest BCUT2D eigenvalue weighted by Crippen LogP contribution is 2.20. The number of nitrogens with zero attached hydrogens (tertiary/aromatic N) is 1. The molecule has 0 saturated heterocycles. The predicted octanol–water partition coefficient (Wildman–Crippen LogP) is 0.961. The Balaban J connectivity index is 2.39. The lowest BCUT2D eigenvalue weighted by atomic mass is 10.0. The lowest BCUT2D eigenvalue weighted by Crippen LogP contribution is -2.56. The van der Waals surface area contributed by atoms with Crippen LogP contribution in [0.3, 0.4) is 0 Å². The van der Waals surface area contributed by atoms with E-state index in [1.165, 1.54) is 17.7 Å². The molecule has 1 atom stereocenters. The monoisotopic (exact) mass is 227 g/mol. The fourth-order valence-corrected chi connectivity index (χ4v) is 2.03. The molecular weight excluding hydrogens is 204 g/mol. The number of nitrogens with one attached hydrogen (secondary N) is 1. The molecule has 1 N–H and O–H groups in total. The van der Waals surface area contributed by atoms with Crippen molar-refractivity contribution in [3.63, 3.8) is 0 Å². The Hall–Kier alpha value is -0.770. The van der Waals surface area contributed by atoms with E-state index in [2.05, 4.69) is 5.32 Å². The summed E-state index contributed by atoms with van der Waals surface area (Å²) in [5, 5.41) is 14.5. The standard InChI is InChI=1S/C12H24N2O2/c1-9(7-8-13-10-5-6-10)14(11(15)16)12(2,3)4/h9-10,13H,5-8H2,1-4H3,(H,15,16)/p-1/t9-/m0/s1. The van der Waals surface area contributed by atoms with E-state index < -0.39 is 11.6 Å². The summed E-state index contributed by atoms with van der Waals surface area (Å²) in [5.74, 6) is 0. The summed E-state index contributed by atoms with van der Waals surface area (Å²) in [6.45, 7) is 8.51. The van der Waals surface area contributed by atoms with E-state index in [-0.39, 0.29) is 6.04 Å². The molecule has 0 unspecified atom stereocenters. The Morgan fingerprint density at radius 2 is 2.06 bits per heavy atom. The summed E-state index contributed by atoms with van der Waals surface area (Å²) in [7, 11) is 0. The van der Waals surface area contributed by atoms with Crippen molar-refractivity contribution in [1.82, 2.24) is 10.2 Å². The van der Waals surface area contributed by atoms with Gasteiger partial charge in [0.25, 0.3) is 0 Å². The fourth-order valence-electron chi connectivity index (χ4n) is 2.03. The summed E-state index contributed by atoms with van der Waals surface area (Å²) in [6.07, 6.45) is 2.28. The number of carboxylic acid groups (broad SMARTS) is 1. The molecule has 1 amide bonds. The van der Waals surface area contributed by atoms with Crippen LogP contribution in [0, 0.1) is 0 Å². The first-order valence-corrected chi connectivity index (χ1v) is 6.06. The van der Waals surface area contributed by atoms with Crippen molar-refractivity contribution in [3.8, 4) is 0 Å². The van der Waals surface area contributed by atoms with Crippen molar-refractivity contribution in [3.05, 3.63) is 0 Å². The van der Waals surface area contributed by atoms with Gasteiger partial charge in [-0.05, 0) is 53.5 Å². The Morgan fingerprint density at radius 3 is 2.44 bits per heavy atom. The molecule has 1 rings (SSSR count). The molecule has 0 aromatic heterocycles. The Morgan fingerprint density at radius 1 is 1.50 bits per heavy atom. The highest BCUT2D eigenvalue weighted by molar-refractivity contribution is 5.64. The first-order chi connectivity index (χ1) is 7.32. The minimum atomic E-state index is -1.08. The van der Waals surface area contributed by atoms with E-state index in [0.29, 0.717) is 6.04 Å². The van der Waals surface area contributed by atoms with Crippen LogP contribution in [0.5, 0.6) is 0 Å². The zero-order valence-electron chi connectivity index (χ0n) is 10.7. The van der Waals surface area contributed by atoms with Crippen molar-refractivity contribution in [1.29, 1.82) is 0 Å². The average molecular weight is 227 g/mol. The molecular formula is C12H23N2O2-. The lowest BCUT2D eigenvalue weighted by molar-refractivity contribution is -0.273. The van der Waals surface area contributed by atoms with E-state index in [1.807, 2.05) is 27.7 Å². The van der Waals surface area contributed by atoms with Crippen molar-refractivity contribution in [2.75, 3.05) is 6.54 Å². The molecule has 0 aromatic carbocycles. The number of rotatable bonds is 5. The van der Waals surface area contributed by atoms with Gasteiger partial charge in [-0.3, -0.25) is 0 Å². The molecule has 4 heteroatoms. The third-order valence-electron chi connectivity index (χ3n) is 2.93. The summed E-state index contributed by atoms with van der Waals surface area (Å²) in [4.78, 5) is 12.5. The third kappa shape index (κ3) is 4.00. The maximum atomic E-state index is 11.1. The van der Waals surface area contributed by atoms with Crippen LogP contribution >= 0.6 is 0 Å². The number of hydrogen-bond donors (Lipinski definition) is 1. The van der Waals surface area contributed by atoms with Crippen LogP contribution in [0.1, 0.15) is 47.0 Å². The van der Waals surface area contributed by atoms with Crippen LogP contribution in [-0.2, 0) is 0 Å². The van der Waals surface area contributed by atoms with Gasteiger partial charge in [-0.25, -0.2) is 0 Å². The highest BCUT2D eigenvalue weighted by atomic mass is 16.4. The van der Waals surface area contributed by atoms with Gasteiger partial charge in [0.15, 0.2) is 0 Å². The van der Waals surface area contributed by atoms with Gasteiger partial charge in [-0.1, -0.05) is 0 Å². The molecule has 0 aliphatic heterocycles. The van der Waals surface area contributed by atoms with E-state index in [0.717, 1.165) is 13.0 Å². The predicted molar refractivity (Wildman–Crippen MR) is 62.1 cm³/mol. The normalized spacial score (nSPS) is 18.2. The number of carbonyl (C=O) groups excluding carboxylic acids is 1. The summed E-state index contributed by atoms with van der Waals surface area (Å²) >= 11 is 0. The molecule has 1 fully saturated rings. The third-order valence-corrected chi connectivity index (χ3v) is 2.93. The molecule has 1 saturated carbocycles. The van der Waals surface area contributed by atoms with Gasteiger partial charge >= 0.3 is 0 Å². The number of carbonyl (C=O) groups is 1. The molecule has 0 radical (unpaired) electrons. The lowest BCUT2D eigenvalue weighted by Gasteiger charge is -2.42. The molecule has 1 aliphatic carbocycles. The van der Waals surface area contributed by atoms with Gasteiger partial charge in [0.05, 0.1) is 0 Å². The number of hydrogen-bond acceptors (Lipinski definition) is 3. The first kappa shape index (κ1) is 13.3. The Labute approximate surface area is 98.0 Å². The second kappa shape index (κ2) is 5.04. The zero-order valence-corrected chi connectivity index (χ0v) is 10.7. The topological polar surface area (TPSA) is 55.4 Å². The molecule has 1 aliphatic rings. The summed E-state index contributed by atoms with van der Waals surface area (Å²) in [6, 6.07) is 0.675. The summed E-state index contributed by atoms with van der Waals surface area (Å²) < 4.78 is 0. The molecule has 0 bridgehead atoms. The van der Waals surface area contributed by atoms with Gasteiger partial charge in [-0.2, -0.15) is 0 Å². The fraction of sp³-hybridized carbons (Fsp3) is 0.917. The minimum absolute atomic E-state index is 0.00347. The second-order valence-electron chi connectivity index (χ2n) is 5.67. The first-order valence-electron chi connectivity index (χ1n) is 6.06.